The molecule has 0 bridgehead atoms. The molecule has 4 aromatic carbocycles. The van der Waals surface area contributed by atoms with Gasteiger partial charge in [-0.25, -0.2) is 9.78 Å². The van der Waals surface area contributed by atoms with Gasteiger partial charge >= 0.3 is 5.97 Å². The number of carboxylic acids is 1. The highest BCUT2D eigenvalue weighted by atomic mass is 32.1. The van der Waals surface area contributed by atoms with E-state index in [0.29, 0.717) is 10.9 Å². The molecule has 0 aliphatic heterocycles. The fourth-order valence-electron chi connectivity index (χ4n) is 5.55. The zero-order chi connectivity index (χ0) is 35.6. The van der Waals surface area contributed by atoms with E-state index in [2.05, 4.69) is 15.5 Å². The van der Waals surface area contributed by atoms with Crippen LogP contribution in [0.5, 0.6) is 11.5 Å². The van der Waals surface area contributed by atoms with Crippen LogP contribution < -0.4 is 25.1 Å². The molecular weight excluding hydrogens is 669 g/mol. The summed E-state index contributed by atoms with van der Waals surface area (Å²) in [6, 6.07) is 38.5. The Balaban J connectivity index is 1.23. The van der Waals surface area contributed by atoms with Gasteiger partial charge in [0.1, 0.15) is 36.4 Å². The summed E-state index contributed by atoms with van der Waals surface area (Å²) in [7, 11) is 3.00. The van der Waals surface area contributed by atoms with Gasteiger partial charge in [-0.2, -0.15) is 4.73 Å². The molecule has 0 saturated heterocycles. The molecule has 0 fully saturated rings. The van der Waals surface area contributed by atoms with Crippen molar-refractivity contribution in [3.63, 3.8) is 0 Å². The van der Waals surface area contributed by atoms with E-state index < -0.39 is 22.6 Å². The number of hydrogen-bond acceptors (Lipinski definition) is 10. The van der Waals surface area contributed by atoms with E-state index in [1.165, 1.54) is 35.4 Å². The lowest BCUT2D eigenvalue weighted by molar-refractivity contribution is -0.129. The van der Waals surface area contributed by atoms with Crippen LogP contribution >= 0.6 is 11.3 Å². The van der Waals surface area contributed by atoms with Crippen LogP contribution in [-0.2, 0) is 28.4 Å². The Hall–Kier alpha value is -6.40. The number of methoxy groups -OCH3 is 1. The third kappa shape index (κ3) is 7.76. The number of nitrogens with one attached hydrogen (secondary N) is 1. The SMILES string of the molecule is COc1ccc(COc2cn(OC)c(CO/N=C(\C(=O)O)c3csc(NC(c4ccccc4)(c4ccccc4)c4ccccc4)n3)cc2=O)cc1. The van der Waals surface area contributed by atoms with Crippen LogP contribution in [0, 0.1) is 0 Å². The van der Waals surface area contributed by atoms with Gasteiger partial charge in [-0.15, -0.1) is 11.3 Å². The Labute approximate surface area is 297 Å². The standard InChI is InChI=1S/C39H34N4O7S/c1-47-32-20-18-27(19-21-32)24-49-35-23-43(48-2)31(22-34(35)44)25-50-42-36(37(45)46)33-26-51-38(40-33)41-39(28-12-6-3-7-13-28,29-14-8-4-9-15-29)30-16-10-5-11-17-30/h3-23,26H,24-25H2,1-2H3,(H,40,41)(H,45,46)/b42-36-. The van der Waals surface area contributed by atoms with Crippen LogP contribution in [0.1, 0.15) is 33.6 Å². The number of aromatic nitrogens is 2. The van der Waals surface area contributed by atoms with Crippen molar-refractivity contribution in [2.24, 2.45) is 5.16 Å². The molecule has 6 rings (SSSR count). The van der Waals surface area contributed by atoms with E-state index in [4.69, 9.17) is 19.1 Å². The largest absolute Gasteiger partial charge is 0.497 e. The van der Waals surface area contributed by atoms with E-state index in [9.17, 15) is 14.7 Å². The molecule has 0 amide bonds. The molecule has 2 heterocycles. The lowest BCUT2D eigenvalue weighted by Gasteiger charge is -2.36. The Morgan fingerprint density at radius 2 is 1.45 bits per heavy atom. The third-order valence-electron chi connectivity index (χ3n) is 8.04. The molecule has 2 N–H and O–H groups in total. The fraction of sp³-hybridized carbons (Fsp3) is 0.128. The number of oxime groups is 1. The number of ether oxygens (including phenoxy) is 2. The number of benzene rings is 4. The summed E-state index contributed by atoms with van der Waals surface area (Å²) in [6.07, 6.45) is 1.39. The van der Waals surface area contributed by atoms with Gasteiger partial charge in [0.2, 0.25) is 11.1 Å². The van der Waals surface area contributed by atoms with Crippen LogP contribution in [0.3, 0.4) is 0 Å². The first kappa shape index (κ1) is 34.5. The van der Waals surface area contributed by atoms with Crippen molar-refractivity contribution >= 4 is 28.1 Å². The number of carboxylic acid groups (broad SMARTS) is 1. The minimum atomic E-state index is -1.33. The molecule has 0 unspecified atom stereocenters. The van der Waals surface area contributed by atoms with Crippen LogP contribution in [0.25, 0.3) is 0 Å². The number of aliphatic carboxylic acids is 1. The van der Waals surface area contributed by atoms with Gasteiger partial charge in [-0.3, -0.25) is 4.79 Å². The average molecular weight is 703 g/mol. The zero-order valence-corrected chi connectivity index (χ0v) is 28.6. The molecule has 2 aromatic heterocycles. The van der Waals surface area contributed by atoms with Crippen molar-refractivity contribution in [1.29, 1.82) is 0 Å². The molecule has 12 heteroatoms. The zero-order valence-electron chi connectivity index (χ0n) is 27.8. The predicted molar refractivity (Wildman–Crippen MR) is 194 cm³/mol. The van der Waals surface area contributed by atoms with Crippen molar-refractivity contribution in [2.75, 3.05) is 19.5 Å². The van der Waals surface area contributed by atoms with Crippen LogP contribution in [-0.4, -0.2) is 40.7 Å². The maximum absolute atomic E-state index is 12.9. The molecule has 0 saturated carbocycles. The van der Waals surface area contributed by atoms with E-state index in [1.807, 2.05) is 103 Å². The maximum atomic E-state index is 12.9. The van der Waals surface area contributed by atoms with E-state index >= 15 is 0 Å². The number of anilines is 1. The van der Waals surface area contributed by atoms with Gasteiger partial charge in [0.05, 0.1) is 13.3 Å². The van der Waals surface area contributed by atoms with Crippen molar-refractivity contribution < 1.29 is 29.0 Å². The Morgan fingerprint density at radius 3 is 1.98 bits per heavy atom. The maximum Gasteiger partial charge on any atom is 0.360 e. The number of rotatable bonds is 15. The predicted octanol–water partition coefficient (Wildman–Crippen LogP) is 6.36. The van der Waals surface area contributed by atoms with Crippen molar-refractivity contribution in [1.82, 2.24) is 9.71 Å². The Kier molecular flexibility index (Phi) is 10.7. The van der Waals surface area contributed by atoms with Crippen molar-refractivity contribution in [3.05, 3.63) is 177 Å². The number of hydrogen-bond donors (Lipinski definition) is 2. The molecule has 258 valence electrons. The van der Waals surface area contributed by atoms with Gasteiger partial charge < -0.3 is 29.6 Å². The quantitative estimate of drug-likeness (QED) is 0.0713. The van der Waals surface area contributed by atoms with Gasteiger partial charge in [-0.05, 0) is 34.4 Å². The minimum absolute atomic E-state index is 0.0613. The van der Waals surface area contributed by atoms with Gasteiger partial charge in [0.25, 0.3) is 0 Å². The molecule has 0 radical (unpaired) electrons. The molecule has 6 aromatic rings. The molecule has 11 nitrogen and oxygen atoms in total. The van der Waals surface area contributed by atoms with Gasteiger partial charge in [-0.1, -0.05) is 108 Å². The summed E-state index contributed by atoms with van der Waals surface area (Å²) in [5.41, 5.74) is 2.46. The smallest absolute Gasteiger partial charge is 0.360 e. The highest BCUT2D eigenvalue weighted by Crippen LogP contribution is 2.40. The van der Waals surface area contributed by atoms with Crippen molar-refractivity contribution in [2.45, 2.75) is 18.8 Å². The normalized spacial score (nSPS) is 11.5. The summed E-state index contributed by atoms with van der Waals surface area (Å²) < 4.78 is 12.2. The van der Waals surface area contributed by atoms with Gasteiger partial charge in [0.15, 0.2) is 17.5 Å². The van der Waals surface area contributed by atoms with Crippen LogP contribution in [0.2, 0.25) is 0 Å². The summed E-state index contributed by atoms with van der Waals surface area (Å²) >= 11 is 1.24. The molecule has 0 aliphatic carbocycles. The first-order chi connectivity index (χ1) is 24.9. The van der Waals surface area contributed by atoms with E-state index in [1.54, 1.807) is 24.6 Å². The summed E-state index contributed by atoms with van der Waals surface area (Å²) in [6.45, 7) is -0.119. The van der Waals surface area contributed by atoms with E-state index in [0.717, 1.165) is 22.3 Å². The lowest BCUT2D eigenvalue weighted by Crippen LogP contribution is -2.38. The molecule has 0 spiro atoms. The Bertz CT molecular complexity index is 2060. The van der Waals surface area contributed by atoms with Crippen molar-refractivity contribution in [3.8, 4) is 11.5 Å². The number of carbonyl (C=O) groups is 1. The summed E-state index contributed by atoms with van der Waals surface area (Å²) in [4.78, 5) is 40.7. The second-order valence-corrected chi connectivity index (χ2v) is 12.0. The second kappa shape index (κ2) is 15.9. The highest BCUT2D eigenvalue weighted by Gasteiger charge is 2.37. The summed E-state index contributed by atoms with van der Waals surface area (Å²) in [5, 5.41) is 19.7. The molecule has 0 aliphatic rings. The van der Waals surface area contributed by atoms with Gasteiger partial charge in [0, 0.05) is 11.4 Å². The molecule has 0 atom stereocenters. The van der Waals surface area contributed by atoms with Crippen LogP contribution in [0.4, 0.5) is 5.13 Å². The van der Waals surface area contributed by atoms with Crippen LogP contribution in [0.15, 0.2) is 143 Å². The number of pyridine rings is 1. The molecule has 51 heavy (non-hydrogen) atoms. The van der Waals surface area contributed by atoms with E-state index in [-0.39, 0.29) is 30.4 Å². The Morgan fingerprint density at radius 1 is 0.863 bits per heavy atom. The third-order valence-corrected chi connectivity index (χ3v) is 8.80. The lowest BCUT2D eigenvalue weighted by atomic mass is 9.77. The first-order valence-electron chi connectivity index (χ1n) is 15.8. The highest BCUT2D eigenvalue weighted by molar-refractivity contribution is 7.14. The minimum Gasteiger partial charge on any atom is -0.497 e. The monoisotopic (exact) mass is 702 g/mol. The topological polar surface area (TPSA) is 134 Å². The number of thiazole rings is 1. The average Bonchev–Trinajstić information content (AvgIpc) is 3.64. The summed E-state index contributed by atoms with van der Waals surface area (Å²) in [5.74, 6) is -0.563. The fourth-order valence-corrected chi connectivity index (χ4v) is 6.30. The molecular formula is C39H34N4O7S. The second-order valence-electron chi connectivity index (χ2n) is 11.2. The first-order valence-corrected chi connectivity index (χ1v) is 16.7. The number of nitrogens with zero attached hydrogens (tertiary/aromatic N) is 3.